The Morgan fingerprint density at radius 2 is 2.13 bits per heavy atom. The molecule has 1 saturated heterocycles. The minimum atomic E-state index is -0.492. The quantitative estimate of drug-likeness (QED) is 0.677. The van der Waals surface area contributed by atoms with Crippen molar-refractivity contribution in [3.05, 3.63) is 0 Å². The first kappa shape index (κ1) is 11.4. The van der Waals surface area contributed by atoms with Gasteiger partial charge in [-0.2, -0.15) is 0 Å². The van der Waals surface area contributed by atoms with E-state index >= 15 is 0 Å². The molecule has 2 N–H and O–H groups in total. The average Bonchev–Trinajstić information content (AvgIpc) is 2.84. The molecule has 0 radical (unpaired) electrons. The Morgan fingerprint density at radius 1 is 1.33 bits per heavy atom. The van der Waals surface area contributed by atoms with Crippen LogP contribution in [0.25, 0.3) is 0 Å². The molecule has 1 saturated carbocycles. The Kier molecular flexibility index (Phi) is 4.00. The summed E-state index contributed by atoms with van der Waals surface area (Å²) in [4.78, 5) is 0. The third-order valence-electron chi connectivity index (χ3n) is 3.74. The molecule has 88 valence electrons. The second-order valence-electron chi connectivity index (χ2n) is 5.13. The summed E-state index contributed by atoms with van der Waals surface area (Å²) < 4.78 is 5.60. The van der Waals surface area contributed by atoms with E-state index in [-0.39, 0.29) is 0 Å². The van der Waals surface area contributed by atoms with E-state index in [1.165, 1.54) is 6.42 Å². The number of aliphatic hydroxyl groups is 1. The fourth-order valence-electron chi connectivity index (χ4n) is 2.65. The molecule has 0 aromatic heterocycles. The van der Waals surface area contributed by atoms with Crippen molar-refractivity contribution in [2.24, 2.45) is 5.92 Å². The van der Waals surface area contributed by atoms with Gasteiger partial charge in [-0.25, -0.2) is 0 Å². The van der Waals surface area contributed by atoms with Crippen LogP contribution in [0.4, 0.5) is 0 Å². The predicted molar refractivity (Wildman–Crippen MR) is 59.8 cm³/mol. The van der Waals surface area contributed by atoms with Crippen LogP contribution in [0, 0.1) is 5.92 Å². The van der Waals surface area contributed by atoms with Crippen molar-refractivity contribution >= 4 is 0 Å². The zero-order valence-corrected chi connectivity index (χ0v) is 9.50. The fourth-order valence-corrected chi connectivity index (χ4v) is 2.65. The van der Waals surface area contributed by atoms with Gasteiger partial charge in [-0.3, -0.25) is 0 Å². The highest BCUT2D eigenvalue weighted by Gasteiger charge is 2.31. The van der Waals surface area contributed by atoms with Gasteiger partial charge in [0, 0.05) is 6.61 Å². The molecule has 15 heavy (non-hydrogen) atoms. The van der Waals surface area contributed by atoms with Crippen LogP contribution in [0.2, 0.25) is 0 Å². The fraction of sp³-hybridized carbons (Fsp3) is 1.00. The minimum Gasteiger partial charge on any atom is -0.387 e. The van der Waals surface area contributed by atoms with Gasteiger partial charge in [0.25, 0.3) is 0 Å². The van der Waals surface area contributed by atoms with Gasteiger partial charge in [-0.15, -0.1) is 0 Å². The summed E-state index contributed by atoms with van der Waals surface area (Å²) in [5, 5.41) is 13.4. The summed E-state index contributed by atoms with van der Waals surface area (Å²) in [7, 11) is 0. The van der Waals surface area contributed by atoms with E-state index in [0.29, 0.717) is 6.61 Å². The standard InChI is InChI=1S/C12H23NO2/c14-12(5-1-2-6-12)10-15-8-4-11-3-7-13-9-11/h11,13-14H,1-10H2. The number of nitrogens with one attached hydrogen (secondary N) is 1. The molecular formula is C12H23NO2. The van der Waals surface area contributed by atoms with Gasteiger partial charge < -0.3 is 15.2 Å². The molecule has 3 nitrogen and oxygen atoms in total. The first-order valence-electron chi connectivity index (χ1n) is 6.29. The highest BCUT2D eigenvalue weighted by Crippen LogP contribution is 2.29. The van der Waals surface area contributed by atoms with E-state index in [4.69, 9.17) is 4.74 Å². The van der Waals surface area contributed by atoms with E-state index in [1.54, 1.807) is 0 Å². The van der Waals surface area contributed by atoms with Crippen LogP contribution >= 0.6 is 0 Å². The third-order valence-corrected chi connectivity index (χ3v) is 3.74. The van der Waals surface area contributed by atoms with Crippen molar-refractivity contribution in [2.75, 3.05) is 26.3 Å². The largest absolute Gasteiger partial charge is 0.387 e. The summed E-state index contributed by atoms with van der Waals surface area (Å²) in [6.45, 7) is 3.67. The number of rotatable bonds is 5. The zero-order chi connectivity index (χ0) is 10.6. The minimum absolute atomic E-state index is 0.492. The van der Waals surface area contributed by atoms with Crippen LogP contribution in [0.3, 0.4) is 0 Å². The van der Waals surface area contributed by atoms with Gasteiger partial charge in [-0.1, -0.05) is 12.8 Å². The van der Waals surface area contributed by atoms with Crippen LogP contribution in [0.1, 0.15) is 38.5 Å². The number of ether oxygens (including phenoxy) is 1. The molecule has 0 aromatic rings. The van der Waals surface area contributed by atoms with E-state index in [1.807, 2.05) is 0 Å². The molecular weight excluding hydrogens is 190 g/mol. The molecule has 2 rings (SSSR count). The molecule has 0 bridgehead atoms. The molecule has 2 aliphatic rings. The Morgan fingerprint density at radius 3 is 2.80 bits per heavy atom. The van der Waals surface area contributed by atoms with Crippen molar-refractivity contribution in [2.45, 2.75) is 44.1 Å². The van der Waals surface area contributed by atoms with E-state index < -0.39 is 5.60 Å². The van der Waals surface area contributed by atoms with Crippen molar-refractivity contribution in [3.8, 4) is 0 Å². The lowest BCUT2D eigenvalue weighted by Gasteiger charge is -2.22. The lowest BCUT2D eigenvalue weighted by Crippen LogP contribution is -2.31. The van der Waals surface area contributed by atoms with Gasteiger partial charge in [0.1, 0.15) is 0 Å². The van der Waals surface area contributed by atoms with Gasteiger partial charge >= 0.3 is 0 Å². The SMILES string of the molecule is OC1(COCCC2CCNC2)CCCC1. The molecule has 0 spiro atoms. The Balaban J connectivity index is 1.54. The molecule has 0 aromatic carbocycles. The molecule has 1 unspecified atom stereocenters. The molecule has 0 amide bonds. The van der Waals surface area contributed by atoms with E-state index in [9.17, 15) is 5.11 Å². The molecule has 2 fully saturated rings. The maximum absolute atomic E-state index is 10.0. The van der Waals surface area contributed by atoms with Crippen molar-refractivity contribution in [1.29, 1.82) is 0 Å². The van der Waals surface area contributed by atoms with Crippen LogP contribution in [0.15, 0.2) is 0 Å². The van der Waals surface area contributed by atoms with Gasteiger partial charge in [0.2, 0.25) is 0 Å². The highest BCUT2D eigenvalue weighted by molar-refractivity contribution is 4.83. The molecule has 1 atom stereocenters. The molecule has 1 aliphatic heterocycles. The normalized spacial score (nSPS) is 29.8. The zero-order valence-electron chi connectivity index (χ0n) is 9.50. The molecule has 1 heterocycles. The van der Waals surface area contributed by atoms with Crippen LogP contribution in [0.5, 0.6) is 0 Å². The van der Waals surface area contributed by atoms with Crippen molar-refractivity contribution in [1.82, 2.24) is 5.32 Å². The monoisotopic (exact) mass is 213 g/mol. The maximum Gasteiger partial charge on any atom is 0.0880 e. The first-order valence-corrected chi connectivity index (χ1v) is 6.29. The second kappa shape index (κ2) is 5.28. The summed E-state index contributed by atoms with van der Waals surface area (Å²) in [6, 6.07) is 0. The third kappa shape index (κ3) is 3.44. The lowest BCUT2D eigenvalue weighted by atomic mass is 10.0. The smallest absolute Gasteiger partial charge is 0.0880 e. The summed E-state index contributed by atoms with van der Waals surface area (Å²) in [5.74, 6) is 0.795. The number of hydrogen-bond acceptors (Lipinski definition) is 3. The topological polar surface area (TPSA) is 41.5 Å². The van der Waals surface area contributed by atoms with Crippen molar-refractivity contribution < 1.29 is 9.84 Å². The van der Waals surface area contributed by atoms with Crippen LogP contribution < -0.4 is 5.32 Å². The Labute approximate surface area is 92.2 Å². The Hall–Kier alpha value is -0.120. The van der Waals surface area contributed by atoms with Gasteiger partial charge in [0.15, 0.2) is 0 Å². The predicted octanol–water partition coefficient (Wildman–Crippen LogP) is 1.31. The van der Waals surface area contributed by atoms with Gasteiger partial charge in [0.05, 0.1) is 12.2 Å². The highest BCUT2D eigenvalue weighted by atomic mass is 16.5. The molecule has 1 aliphatic carbocycles. The average molecular weight is 213 g/mol. The first-order chi connectivity index (χ1) is 7.29. The summed E-state index contributed by atoms with van der Waals surface area (Å²) >= 11 is 0. The second-order valence-corrected chi connectivity index (χ2v) is 5.13. The van der Waals surface area contributed by atoms with E-state index in [0.717, 1.165) is 57.7 Å². The number of hydrogen-bond donors (Lipinski definition) is 2. The summed E-state index contributed by atoms with van der Waals surface area (Å²) in [5.41, 5.74) is -0.492. The van der Waals surface area contributed by atoms with Crippen molar-refractivity contribution in [3.63, 3.8) is 0 Å². The Bertz CT molecular complexity index is 184. The van der Waals surface area contributed by atoms with E-state index in [2.05, 4.69) is 5.32 Å². The molecule has 3 heteroatoms. The van der Waals surface area contributed by atoms with Gasteiger partial charge in [-0.05, 0) is 44.7 Å². The van der Waals surface area contributed by atoms with Crippen LogP contribution in [-0.4, -0.2) is 37.0 Å². The van der Waals surface area contributed by atoms with Crippen LogP contribution in [-0.2, 0) is 4.74 Å². The summed E-state index contributed by atoms with van der Waals surface area (Å²) in [6.07, 6.45) is 6.60. The lowest BCUT2D eigenvalue weighted by molar-refractivity contribution is -0.0434. The maximum atomic E-state index is 10.0.